The molecule has 0 aromatic heterocycles. The Hall–Kier alpha value is -1.18. The number of carbonyl (C=O) groups is 2. The van der Waals surface area contributed by atoms with Gasteiger partial charge in [0.1, 0.15) is 6.61 Å². The van der Waals surface area contributed by atoms with Crippen LogP contribution in [0.5, 0.6) is 0 Å². The zero-order valence-corrected chi connectivity index (χ0v) is 10.6. The van der Waals surface area contributed by atoms with Crippen molar-refractivity contribution in [3.63, 3.8) is 0 Å². The first-order valence-corrected chi connectivity index (χ1v) is 6.24. The van der Waals surface area contributed by atoms with Crippen LogP contribution in [0.25, 0.3) is 0 Å². The van der Waals surface area contributed by atoms with Gasteiger partial charge in [0, 0.05) is 19.6 Å². The molecule has 0 saturated carbocycles. The second-order valence-corrected chi connectivity index (χ2v) is 4.25. The van der Waals surface area contributed by atoms with E-state index in [-0.39, 0.29) is 12.5 Å². The van der Waals surface area contributed by atoms with Crippen LogP contribution < -0.4 is 16.4 Å². The fourth-order valence-corrected chi connectivity index (χ4v) is 1.75. The van der Waals surface area contributed by atoms with Crippen LogP contribution in [0.4, 0.5) is 0 Å². The maximum atomic E-state index is 11.6. The molecular formula is C11H22N4O3. The maximum Gasteiger partial charge on any atom is 0.243 e. The van der Waals surface area contributed by atoms with Gasteiger partial charge in [-0.05, 0) is 19.5 Å². The van der Waals surface area contributed by atoms with E-state index < -0.39 is 5.91 Å². The van der Waals surface area contributed by atoms with Gasteiger partial charge in [-0.3, -0.25) is 14.5 Å². The minimum Gasteiger partial charge on any atom is -0.370 e. The lowest BCUT2D eigenvalue weighted by Crippen LogP contribution is -2.40. The minimum absolute atomic E-state index is 0.0143. The SMILES string of the molecule is NC(=O)COCCNC(=O)CN1CCCNCC1. The third-order valence-corrected chi connectivity index (χ3v) is 2.61. The van der Waals surface area contributed by atoms with Gasteiger partial charge in [-0.25, -0.2) is 0 Å². The van der Waals surface area contributed by atoms with Crippen LogP contribution in [0.2, 0.25) is 0 Å². The Morgan fingerprint density at radius 2 is 2.17 bits per heavy atom. The molecule has 0 aliphatic carbocycles. The molecule has 2 amide bonds. The van der Waals surface area contributed by atoms with Gasteiger partial charge in [-0.1, -0.05) is 0 Å². The van der Waals surface area contributed by atoms with Gasteiger partial charge in [-0.2, -0.15) is 0 Å². The average Bonchev–Trinajstić information content (AvgIpc) is 2.56. The highest BCUT2D eigenvalue weighted by atomic mass is 16.5. The number of nitrogens with zero attached hydrogens (tertiary/aromatic N) is 1. The minimum atomic E-state index is -0.501. The number of ether oxygens (including phenoxy) is 1. The van der Waals surface area contributed by atoms with E-state index in [1.807, 2.05) is 0 Å². The van der Waals surface area contributed by atoms with E-state index in [0.717, 1.165) is 32.6 Å². The predicted molar refractivity (Wildman–Crippen MR) is 66.9 cm³/mol. The molecule has 1 rings (SSSR count). The van der Waals surface area contributed by atoms with Gasteiger partial charge in [0.2, 0.25) is 11.8 Å². The van der Waals surface area contributed by atoms with Gasteiger partial charge in [0.05, 0.1) is 13.2 Å². The highest BCUT2D eigenvalue weighted by Gasteiger charge is 2.11. The van der Waals surface area contributed by atoms with Crippen LogP contribution in [-0.2, 0) is 14.3 Å². The molecule has 4 N–H and O–H groups in total. The van der Waals surface area contributed by atoms with Crippen molar-refractivity contribution < 1.29 is 14.3 Å². The first kappa shape index (κ1) is 14.9. The summed E-state index contributed by atoms with van der Waals surface area (Å²) in [6.45, 7) is 4.79. The molecule has 1 fully saturated rings. The van der Waals surface area contributed by atoms with Crippen molar-refractivity contribution >= 4 is 11.8 Å². The summed E-state index contributed by atoms with van der Waals surface area (Å²) in [6, 6.07) is 0. The smallest absolute Gasteiger partial charge is 0.243 e. The van der Waals surface area contributed by atoms with Gasteiger partial charge in [0.25, 0.3) is 0 Å². The van der Waals surface area contributed by atoms with Gasteiger partial charge in [0.15, 0.2) is 0 Å². The molecule has 7 nitrogen and oxygen atoms in total. The number of primary amides is 1. The largest absolute Gasteiger partial charge is 0.370 e. The van der Waals surface area contributed by atoms with Gasteiger partial charge < -0.3 is 21.1 Å². The van der Waals surface area contributed by atoms with Crippen LogP contribution in [0.3, 0.4) is 0 Å². The number of carbonyl (C=O) groups excluding carboxylic acids is 2. The summed E-state index contributed by atoms with van der Waals surface area (Å²) in [5.41, 5.74) is 4.91. The van der Waals surface area contributed by atoms with Crippen molar-refractivity contribution in [2.45, 2.75) is 6.42 Å². The fourth-order valence-electron chi connectivity index (χ4n) is 1.75. The van der Waals surface area contributed by atoms with Crippen LogP contribution in [-0.4, -0.2) is 69.2 Å². The molecular weight excluding hydrogens is 236 g/mol. The Morgan fingerprint density at radius 3 is 2.94 bits per heavy atom. The maximum absolute atomic E-state index is 11.6. The van der Waals surface area contributed by atoms with Crippen LogP contribution in [0, 0.1) is 0 Å². The second-order valence-electron chi connectivity index (χ2n) is 4.25. The molecule has 0 bridgehead atoms. The Balaban J connectivity index is 2.03. The van der Waals surface area contributed by atoms with Crippen LogP contribution >= 0.6 is 0 Å². The number of hydrogen-bond acceptors (Lipinski definition) is 5. The molecule has 0 atom stereocenters. The monoisotopic (exact) mass is 258 g/mol. The van der Waals surface area contributed by atoms with Crippen molar-refractivity contribution in [1.29, 1.82) is 0 Å². The molecule has 0 unspecified atom stereocenters. The van der Waals surface area contributed by atoms with Gasteiger partial charge in [-0.15, -0.1) is 0 Å². The lowest BCUT2D eigenvalue weighted by Gasteiger charge is -2.18. The Labute approximate surface area is 107 Å². The fraction of sp³-hybridized carbons (Fsp3) is 0.818. The van der Waals surface area contributed by atoms with E-state index in [0.29, 0.717) is 19.7 Å². The molecule has 1 heterocycles. The Morgan fingerprint density at radius 1 is 1.33 bits per heavy atom. The van der Waals surface area contributed by atoms with E-state index in [1.165, 1.54) is 0 Å². The van der Waals surface area contributed by atoms with Crippen molar-refractivity contribution in [1.82, 2.24) is 15.5 Å². The van der Waals surface area contributed by atoms with Crippen molar-refractivity contribution in [3.05, 3.63) is 0 Å². The molecule has 1 aliphatic heterocycles. The molecule has 0 spiro atoms. The summed E-state index contributed by atoms with van der Waals surface area (Å²) in [6.07, 6.45) is 1.06. The van der Waals surface area contributed by atoms with Crippen LogP contribution in [0.15, 0.2) is 0 Å². The predicted octanol–water partition coefficient (Wildman–Crippen LogP) is -2.10. The van der Waals surface area contributed by atoms with E-state index in [2.05, 4.69) is 15.5 Å². The highest BCUT2D eigenvalue weighted by molar-refractivity contribution is 5.78. The standard InChI is InChI=1S/C11H22N4O3/c12-10(16)9-18-7-4-14-11(17)8-15-5-1-2-13-3-6-15/h13H,1-9H2,(H2,12,16)(H,14,17). The Bertz CT molecular complexity index is 265. The van der Waals surface area contributed by atoms with Gasteiger partial charge >= 0.3 is 0 Å². The summed E-state index contributed by atoms with van der Waals surface area (Å²) < 4.78 is 4.94. The molecule has 0 aromatic carbocycles. The number of rotatable bonds is 7. The molecule has 0 aromatic rings. The lowest BCUT2D eigenvalue weighted by atomic mass is 10.4. The highest BCUT2D eigenvalue weighted by Crippen LogP contribution is 1.94. The van der Waals surface area contributed by atoms with E-state index in [1.54, 1.807) is 0 Å². The number of amides is 2. The average molecular weight is 258 g/mol. The summed E-state index contributed by atoms with van der Waals surface area (Å²) in [4.78, 5) is 24.1. The molecule has 104 valence electrons. The summed E-state index contributed by atoms with van der Waals surface area (Å²) in [5.74, 6) is -0.516. The number of hydrogen-bond donors (Lipinski definition) is 3. The molecule has 1 aliphatic rings. The third kappa shape index (κ3) is 7.21. The first-order valence-electron chi connectivity index (χ1n) is 6.24. The molecule has 0 radical (unpaired) electrons. The topological polar surface area (TPSA) is 96.7 Å². The molecule has 18 heavy (non-hydrogen) atoms. The molecule has 1 saturated heterocycles. The zero-order chi connectivity index (χ0) is 13.2. The van der Waals surface area contributed by atoms with Crippen molar-refractivity contribution in [2.24, 2.45) is 5.73 Å². The van der Waals surface area contributed by atoms with Crippen LogP contribution in [0.1, 0.15) is 6.42 Å². The van der Waals surface area contributed by atoms with E-state index in [9.17, 15) is 9.59 Å². The first-order chi connectivity index (χ1) is 8.68. The summed E-state index contributed by atoms with van der Waals surface area (Å²) in [7, 11) is 0. The number of nitrogens with two attached hydrogens (primary N) is 1. The number of nitrogens with one attached hydrogen (secondary N) is 2. The third-order valence-electron chi connectivity index (χ3n) is 2.61. The second kappa shape index (κ2) is 8.84. The molecule has 7 heteroatoms. The lowest BCUT2D eigenvalue weighted by molar-refractivity contribution is -0.123. The van der Waals surface area contributed by atoms with Crippen molar-refractivity contribution in [2.75, 3.05) is 52.5 Å². The normalized spacial score (nSPS) is 17.1. The Kier molecular flexibility index (Phi) is 7.31. The quantitative estimate of drug-likeness (QED) is 0.455. The zero-order valence-electron chi connectivity index (χ0n) is 10.6. The van der Waals surface area contributed by atoms with E-state index >= 15 is 0 Å². The van der Waals surface area contributed by atoms with E-state index in [4.69, 9.17) is 10.5 Å². The summed E-state index contributed by atoms with van der Waals surface area (Å²) >= 11 is 0. The van der Waals surface area contributed by atoms with Crippen molar-refractivity contribution in [3.8, 4) is 0 Å². The summed E-state index contributed by atoms with van der Waals surface area (Å²) in [5, 5.41) is 6.03.